The number of hydrogen-bond acceptors (Lipinski definition) is 7. The fourth-order valence-corrected chi connectivity index (χ4v) is 2.66. The number of rotatable bonds is 5. The number of fused-ring (bicyclic) bond motifs is 1. The smallest absolute Gasteiger partial charge is 0.341 e. The lowest BCUT2D eigenvalue weighted by atomic mass is 10.1. The second kappa shape index (κ2) is 6.79. The molecule has 0 unspecified atom stereocenters. The zero-order valence-electron chi connectivity index (χ0n) is 14.7. The molecule has 0 atom stereocenters. The van der Waals surface area contributed by atoms with Gasteiger partial charge in [-0.05, 0) is 0 Å². The van der Waals surface area contributed by atoms with Crippen molar-refractivity contribution in [3.63, 3.8) is 0 Å². The number of aromatic nitrogens is 3. The third kappa shape index (κ3) is 2.73. The standard InChI is InChI=1S/C17H17N3O6/c1-23-12-5-9(6-13(24-2)15(12)25-3)20-7-10-14(18-19-16(10)21)11(8-20)17(22)26-4/h5-8H,1-4H3,(H,19,21). The third-order valence-corrected chi connectivity index (χ3v) is 3.91. The Morgan fingerprint density at radius 1 is 1.04 bits per heavy atom. The Hall–Kier alpha value is -3.49. The van der Waals surface area contributed by atoms with Crippen molar-refractivity contribution in [2.75, 3.05) is 28.4 Å². The summed E-state index contributed by atoms with van der Waals surface area (Å²) in [5.74, 6) is 0.692. The molecule has 3 rings (SSSR count). The van der Waals surface area contributed by atoms with Crippen molar-refractivity contribution in [1.29, 1.82) is 0 Å². The van der Waals surface area contributed by atoms with Crippen molar-refractivity contribution >= 4 is 5.97 Å². The minimum Gasteiger partial charge on any atom is -0.493 e. The molecular weight excluding hydrogens is 342 g/mol. The molecule has 2 aliphatic rings. The molecule has 0 amide bonds. The summed E-state index contributed by atoms with van der Waals surface area (Å²) >= 11 is 0. The van der Waals surface area contributed by atoms with Crippen LogP contribution in [0.1, 0.15) is 10.4 Å². The van der Waals surface area contributed by atoms with Crippen LogP contribution in [0, 0.1) is 0 Å². The molecule has 9 heteroatoms. The van der Waals surface area contributed by atoms with Crippen molar-refractivity contribution in [2.45, 2.75) is 0 Å². The summed E-state index contributed by atoms with van der Waals surface area (Å²) in [5.41, 5.74) is 0.823. The van der Waals surface area contributed by atoms with E-state index in [4.69, 9.17) is 18.9 Å². The zero-order chi connectivity index (χ0) is 18.8. The Morgan fingerprint density at radius 2 is 1.69 bits per heavy atom. The minimum atomic E-state index is -0.608. The number of aromatic amines is 1. The van der Waals surface area contributed by atoms with Gasteiger partial charge in [0.05, 0.1) is 39.7 Å². The fourth-order valence-electron chi connectivity index (χ4n) is 2.66. The average Bonchev–Trinajstić information content (AvgIpc) is 3.06. The van der Waals surface area contributed by atoms with Gasteiger partial charge < -0.3 is 23.5 Å². The number of methoxy groups -OCH3 is 4. The fraction of sp³-hybridized carbons (Fsp3) is 0.235. The molecule has 2 aliphatic heterocycles. The van der Waals surface area contributed by atoms with Crippen LogP contribution in [-0.4, -0.2) is 49.2 Å². The van der Waals surface area contributed by atoms with Crippen LogP contribution in [0.2, 0.25) is 0 Å². The Kier molecular flexibility index (Phi) is 4.53. The molecule has 0 saturated carbocycles. The lowest BCUT2D eigenvalue weighted by Gasteiger charge is -2.16. The molecular formula is C17H17N3O6. The second-order valence-corrected chi connectivity index (χ2v) is 5.27. The van der Waals surface area contributed by atoms with E-state index < -0.39 is 11.5 Å². The monoisotopic (exact) mass is 359 g/mol. The van der Waals surface area contributed by atoms with Gasteiger partial charge in [0.25, 0.3) is 5.56 Å². The Bertz CT molecular complexity index is 965. The van der Waals surface area contributed by atoms with E-state index in [1.54, 1.807) is 22.9 Å². The van der Waals surface area contributed by atoms with Gasteiger partial charge in [0.1, 0.15) is 11.3 Å². The number of benzene rings is 1. The van der Waals surface area contributed by atoms with Gasteiger partial charge in [-0.25, -0.2) is 9.89 Å². The summed E-state index contributed by atoms with van der Waals surface area (Å²) in [4.78, 5) is 24.1. The molecule has 0 saturated heterocycles. The van der Waals surface area contributed by atoms with Crippen LogP contribution in [-0.2, 0) is 4.74 Å². The van der Waals surface area contributed by atoms with E-state index in [-0.39, 0.29) is 16.8 Å². The molecule has 0 fully saturated rings. The van der Waals surface area contributed by atoms with E-state index in [1.807, 2.05) is 0 Å². The lowest BCUT2D eigenvalue weighted by molar-refractivity contribution is 0.0600. The first kappa shape index (κ1) is 17.3. The maximum absolute atomic E-state index is 12.1. The van der Waals surface area contributed by atoms with Crippen molar-refractivity contribution in [1.82, 2.24) is 14.8 Å². The van der Waals surface area contributed by atoms with Crippen LogP contribution >= 0.6 is 0 Å². The summed E-state index contributed by atoms with van der Waals surface area (Å²) in [5, 5.41) is 6.24. The molecule has 0 aliphatic carbocycles. The van der Waals surface area contributed by atoms with Crippen molar-refractivity contribution in [3.05, 3.63) is 40.4 Å². The highest BCUT2D eigenvalue weighted by Crippen LogP contribution is 2.39. The minimum absolute atomic E-state index is 0.150. The summed E-state index contributed by atoms with van der Waals surface area (Å²) in [6, 6.07) is 3.39. The molecule has 0 bridgehead atoms. The van der Waals surface area contributed by atoms with Gasteiger partial charge in [0.15, 0.2) is 11.5 Å². The molecule has 136 valence electrons. The summed E-state index contributed by atoms with van der Waals surface area (Å²) in [6.07, 6.45) is 3.09. The van der Waals surface area contributed by atoms with Gasteiger partial charge in [0.2, 0.25) is 5.75 Å². The Balaban J connectivity index is 2.28. The van der Waals surface area contributed by atoms with Crippen LogP contribution in [0.15, 0.2) is 29.3 Å². The first-order chi connectivity index (χ1) is 12.5. The van der Waals surface area contributed by atoms with Gasteiger partial charge in [-0.3, -0.25) is 4.79 Å². The molecule has 2 heterocycles. The maximum Gasteiger partial charge on any atom is 0.341 e. The van der Waals surface area contributed by atoms with E-state index in [0.717, 1.165) is 0 Å². The highest BCUT2D eigenvalue weighted by molar-refractivity contribution is 5.96. The van der Waals surface area contributed by atoms with E-state index in [9.17, 15) is 9.59 Å². The lowest BCUT2D eigenvalue weighted by Crippen LogP contribution is -2.11. The number of carbonyl (C=O) groups excluding carboxylic acids is 1. The molecule has 1 aromatic rings. The number of ether oxygens (including phenoxy) is 4. The SMILES string of the molecule is COC(=O)c1cn(-c2cc(OC)c(OC)c(OC)c2)cc2c(=O)[nH]nc1-2. The molecule has 1 aromatic carbocycles. The second-order valence-electron chi connectivity index (χ2n) is 5.27. The average molecular weight is 359 g/mol. The summed E-state index contributed by atoms with van der Waals surface area (Å²) in [7, 11) is 5.76. The van der Waals surface area contributed by atoms with Gasteiger partial charge in [-0.2, -0.15) is 5.10 Å². The van der Waals surface area contributed by atoms with Crippen LogP contribution in [0.3, 0.4) is 0 Å². The van der Waals surface area contributed by atoms with Crippen molar-refractivity contribution in [2.24, 2.45) is 0 Å². The van der Waals surface area contributed by atoms with E-state index in [2.05, 4.69) is 10.2 Å². The summed E-state index contributed by atoms with van der Waals surface area (Å²) in [6.45, 7) is 0. The van der Waals surface area contributed by atoms with Crippen molar-refractivity contribution in [3.8, 4) is 34.2 Å². The van der Waals surface area contributed by atoms with E-state index in [1.165, 1.54) is 34.6 Å². The number of H-pyrrole nitrogens is 1. The van der Waals surface area contributed by atoms with Crippen LogP contribution in [0.4, 0.5) is 0 Å². The predicted molar refractivity (Wildman–Crippen MR) is 91.8 cm³/mol. The molecule has 0 spiro atoms. The highest BCUT2D eigenvalue weighted by atomic mass is 16.5. The van der Waals surface area contributed by atoms with Crippen molar-refractivity contribution < 1.29 is 23.7 Å². The van der Waals surface area contributed by atoms with Crippen LogP contribution in [0.5, 0.6) is 17.2 Å². The molecule has 26 heavy (non-hydrogen) atoms. The molecule has 0 radical (unpaired) electrons. The summed E-state index contributed by atoms with van der Waals surface area (Å²) < 4.78 is 22.4. The maximum atomic E-state index is 12.1. The first-order valence-corrected chi connectivity index (χ1v) is 7.53. The molecule has 0 aromatic heterocycles. The number of nitrogens with zero attached hydrogens (tertiary/aromatic N) is 2. The third-order valence-electron chi connectivity index (χ3n) is 3.91. The van der Waals surface area contributed by atoms with Crippen LogP contribution < -0.4 is 19.8 Å². The van der Waals surface area contributed by atoms with E-state index in [0.29, 0.717) is 22.9 Å². The Labute approximate surface area is 148 Å². The first-order valence-electron chi connectivity index (χ1n) is 7.53. The number of carbonyl (C=O) groups is 1. The highest BCUT2D eigenvalue weighted by Gasteiger charge is 2.23. The number of hydrogen-bond donors (Lipinski definition) is 1. The van der Waals surface area contributed by atoms with Gasteiger partial charge in [0, 0.05) is 24.5 Å². The molecule has 9 nitrogen and oxygen atoms in total. The number of pyridine rings is 1. The largest absolute Gasteiger partial charge is 0.493 e. The van der Waals surface area contributed by atoms with Gasteiger partial charge in [-0.1, -0.05) is 0 Å². The van der Waals surface area contributed by atoms with Gasteiger partial charge >= 0.3 is 5.97 Å². The quantitative estimate of drug-likeness (QED) is 0.688. The van der Waals surface area contributed by atoms with Crippen LogP contribution in [0.25, 0.3) is 16.9 Å². The van der Waals surface area contributed by atoms with E-state index >= 15 is 0 Å². The zero-order valence-corrected chi connectivity index (χ0v) is 14.7. The van der Waals surface area contributed by atoms with Gasteiger partial charge in [-0.15, -0.1) is 0 Å². The normalized spacial score (nSPS) is 10.6. The number of esters is 1. The Morgan fingerprint density at radius 3 is 2.23 bits per heavy atom. The number of nitrogens with one attached hydrogen (secondary N) is 1. The topological polar surface area (TPSA) is 105 Å². The molecule has 1 N–H and O–H groups in total. The predicted octanol–water partition coefficient (Wildman–Crippen LogP) is 1.48.